The van der Waals surface area contributed by atoms with Crippen molar-refractivity contribution in [2.75, 3.05) is 11.2 Å². The van der Waals surface area contributed by atoms with Gasteiger partial charge in [0.2, 0.25) is 0 Å². The summed E-state index contributed by atoms with van der Waals surface area (Å²) in [6, 6.07) is 8.50. The highest BCUT2D eigenvalue weighted by Crippen LogP contribution is 2.11. The Morgan fingerprint density at radius 3 is 2.15 bits per heavy atom. The van der Waals surface area contributed by atoms with E-state index in [-0.39, 0.29) is 0 Å². The summed E-state index contributed by atoms with van der Waals surface area (Å²) in [6.07, 6.45) is 0. The summed E-state index contributed by atoms with van der Waals surface area (Å²) in [5.41, 5.74) is 0. The van der Waals surface area contributed by atoms with E-state index in [1.54, 1.807) is 7.11 Å². The molecule has 1 nitrogen and oxygen atoms in total. The van der Waals surface area contributed by atoms with Gasteiger partial charge < -0.3 is 4.74 Å². The van der Waals surface area contributed by atoms with Crippen LogP contribution < -0.4 is 9.92 Å². The molecule has 0 heterocycles. The highest BCUT2D eigenvalue weighted by Gasteiger charge is 2.21. The van der Waals surface area contributed by atoms with Crippen LogP contribution in [0.2, 0.25) is 13.1 Å². The van der Waals surface area contributed by atoms with Crippen molar-refractivity contribution in [1.29, 1.82) is 0 Å². The molecule has 0 aliphatic heterocycles. The molecular formula is C10H15IOSi. The van der Waals surface area contributed by atoms with Gasteiger partial charge in [-0.1, -0.05) is 53.0 Å². The lowest BCUT2D eigenvalue weighted by molar-refractivity contribution is 0.415. The average Bonchev–Trinajstić information content (AvgIpc) is 2.18. The van der Waals surface area contributed by atoms with Crippen LogP contribution in [0.25, 0.3) is 0 Å². The van der Waals surface area contributed by atoms with Gasteiger partial charge >= 0.3 is 0 Å². The van der Waals surface area contributed by atoms with Crippen LogP contribution in [0.5, 0.6) is 5.75 Å². The monoisotopic (exact) mass is 306 g/mol. The summed E-state index contributed by atoms with van der Waals surface area (Å²) in [7, 11) is 0.546. The molecule has 0 amide bonds. The summed E-state index contributed by atoms with van der Waals surface area (Å²) in [5.74, 6) is 0.946. The SMILES string of the molecule is COc1ccc([Si](C)(C)CI)cc1. The van der Waals surface area contributed by atoms with E-state index in [2.05, 4.69) is 60.0 Å². The molecule has 1 rings (SSSR count). The van der Waals surface area contributed by atoms with Crippen molar-refractivity contribution < 1.29 is 4.74 Å². The first-order valence-corrected chi connectivity index (χ1v) is 9.04. The van der Waals surface area contributed by atoms with Gasteiger partial charge in [0.1, 0.15) is 5.75 Å². The smallest absolute Gasteiger partial charge is 0.118 e. The number of ether oxygens (including phenoxy) is 1. The Balaban J connectivity index is 2.92. The van der Waals surface area contributed by atoms with Crippen LogP contribution in [-0.2, 0) is 0 Å². The predicted octanol–water partition coefficient (Wildman–Crippen LogP) is 2.58. The highest BCUT2D eigenvalue weighted by atomic mass is 127. The topological polar surface area (TPSA) is 9.23 Å². The second-order valence-corrected chi connectivity index (χ2v) is 10.6. The van der Waals surface area contributed by atoms with Gasteiger partial charge in [0.25, 0.3) is 0 Å². The molecule has 3 heteroatoms. The van der Waals surface area contributed by atoms with Gasteiger partial charge in [-0.05, 0) is 16.2 Å². The molecule has 0 aromatic heterocycles. The van der Waals surface area contributed by atoms with Crippen LogP contribution in [0, 0.1) is 0 Å². The fraction of sp³-hybridized carbons (Fsp3) is 0.400. The van der Waals surface area contributed by atoms with Crippen LogP contribution >= 0.6 is 22.6 Å². The Labute approximate surface area is 94.6 Å². The largest absolute Gasteiger partial charge is 0.497 e. The first-order valence-electron chi connectivity index (χ1n) is 4.30. The van der Waals surface area contributed by atoms with Crippen molar-refractivity contribution in [3.05, 3.63) is 24.3 Å². The van der Waals surface area contributed by atoms with Crippen molar-refractivity contribution in [3.63, 3.8) is 0 Å². The van der Waals surface area contributed by atoms with E-state index in [4.69, 9.17) is 4.74 Å². The second-order valence-electron chi connectivity index (χ2n) is 3.75. The number of hydrogen-bond donors (Lipinski definition) is 0. The Morgan fingerprint density at radius 2 is 1.77 bits per heavy atom. The van der Waals surface area contributed by atoms with E-state index in [0.29, 0.717) is 0 Å². The van der Waals surface area contributed by atoms with Gasteiger partial charge in [-0.2, -0.15) is 0 Å². The summed E-state index contributed by atoms with van der Waals surface area (Å²) in [5, 5.41) is 1.50. The lowest BCUT2D eigenvalue weighted by Crippen LogP contribution is -2.43. The number of methoxy groups -OCH3 is 1. The molecule has 0 atom stereocenters. The molecule has 0 N–H and O–H groups in total. The number of halogens is 1. The lowest BCUT2D eigenvalue weighted by atomic mass is 10.3. The maximum Gasteiger partial charge on any atom is 0.118 e. The predicted molar refractivity (Wildman–Crippen MR) is 69.0 cm³/mol. The standard InChI is InChI=1S/C10H15IOSi/c1-12-9-4-6-10(7-5-9)13(2,3)8-11/h4-7H,8H2,1-3H3. The van der Waals surface area contributed by atoms with Gasteiger partial charge in [0, 0.05) is 0 Å². The fourth-order valence-electron chi connectivity index (χ4n) is 1.12. The average molecular weight is 306 g/mol. The quantitative estimate of drug-likeness (QED) is 0.474. The van der Waals surface area contributed by atoms with Gasteiger partial charge in [-0.3, -0.25) is 0 Å². The molecule has 0 fully saturated rings. The zero-order valence-corrected chi connectivity index (χ0v) is 11.5. The minimum atomic E-state index is -1.16. The third-order valence-corrected chi connectivity index (χ3v) is 10.5. The molecule has 0 spiro atoms. The first-order chi connectivity index (χ1) is 6.10. The van der Waals surface area contributed by atoms with E-state index < -0.39 is 8.07 Å². The van der Waals surface area contributed by atoms with E-state index >= 15 is 0 Å². The first kappa shape index (κ1) is 11.0. The summed E-state index contributed by atoms with van der Waals surface area (Å²) >= 11 is 2.48. The minimum absolute atomic E-state index is 0.946. The third-order valence-electron chi connectivity index (χ3n) is 2.21. The van der Waals surface area contributed by atoms with Gasteiger partial charge in [-0.15, -0.1) is 0 Å². The number of hydrogen-bond acceptors (Lipinski definition) is 1. The van der Waals surface area contributed by atoms with Crippen LogP contribution in [0.1, 0.15) is 0 Å². The Morgan fingerprint density at radius 1 is 1.23 bits per heavy atom. The van der Waals surface area contributed by atoms with Crippen molar-refractivity contribution in [2.45, 2.75) is 13.1 Å². The molecule has 0 aliphatic carbocycles. The molecule has 0 saturated heterocycles. The minimum Gasteiger partial charge on any atom is -0.497 e. The van der Waals surface area contributed by atoms with E-state index in [0.717, 1.165) is 5.75 Å². The summed E-state index contributed by atoms with van der Waals surface area (Å²) in [4.78, 5) is 0. The molecule has 1 aromatic carbocycles. The van der Waals surface area contributed by atoms with E-state index in [9.17, 15) is 0 Å². The molecular weight excluding hydrogens is 291 g/mol. The highest BCUT2D eigenvalue weighted by molar-refractivity contribution is 14.1. The fourth-order valence-corrected chi connectivity index (χ4v) is 3.66. The lowest BCUT2D eigenvalue weighted by Gasteiger charge is -2.19. The van der Waals surface area contributed by atoms with Crippen LogP contribution in [-0.4, -0.2) is 19.2 Å². The molecule has 0 radical (unpaired) electrons. The van der Waals surface area contributed by atoms with E-state index in [1.165, 1.54) is 9.24 Å². The maximum atomic E-state index is 5.13. The Hall–Kier alpha value is -0.0331. The summed E-state index contributed by atoms with van der Waals surface area (Å²) < 4.78 is 6.39. The van der Waals surface area contributed by atoms with Crippen molar-refractivity contribution in [1.82, 2.24) is 0 Å². The molecule has 0 aliphatic rings. The normalized spacial score (nSPS) is 11.4. The number of alkyl halides is 1. The maximum absolute atomic E-state index is 5.13. The summed E-state index contributed by atoms with van der Waals surface area (Å²) in [6.45, 7) is 4.78. The molecule has 1 aromatic rings. The van der Waals surface area contributed by atoms with E-state index in [1.807, 2.05) is 0 Å². The molecule has 13 heavy (non-hydrogen) atoms. The van der Waals surface area contributed by atoms with Gasteiger partial charge in [0.05, 0.1) is 15.2 Å². The zero-order chi connectivity index (χ0) is 9.90. The Bertz CT molecular complexity index is 269. The van der Waals surface area contributed by atoms with Crippen LogP contribution in [0.15, 0.2) is 24.3 Å². The van der Waals surface area contributed by atoms with Gasteiger partial charge in [-0.25, -0.2) is 0 Å². The molecule has 0 bridgehead atoms. The van der Waals surface area contributed by atoms with Crippen molar-refractivity contribution in [2.24, 2.45) is 0 Å². The van der Waals surface area contributed by atoms with Crippen molar-refractivity contribution in [3.8, 4) is 5.75 Å². The molecule has 72 valence electrons. The van der Waals surface area contributed by atoms with Crippen LogP contribution in [0.3, 0.4) is 0 Å². The zero-order valence-electron chi connectivity index (χ0n) is 8.30. The molecule has 0 unspecified atom stereocenters. The third kappa shape index (κ3) is 2.70. The van der Waals surface area contributed by atoms with Crippen molar-refractivity contribution >= 4 is 35.9 Å². The number of benzene rings is 1. The molecule has 0 saturated carbocycles. The second kappa shape index (κ2) is 4.46. The Kier molecular flexibility index (Phi) is 3.79. The van der Waals surface area contributed by atoms with Gasteiger partial charge in [0.15, 0.2) is 0 Å². The number of rotatable bonds is 3. The van der Waals surface area contributed by atoms with Crippen LogP contribution in [0.4, 0.5) is 0 Å².